The van der Waals surface area contributed by atoms with Crippen molar-refractivity contribution in [1.29, 1.82) is 0 Å². The lowest BCUT2D eigenvalue weighted by Crippen LogP contribution is -2.49. The highest BCUT2D eigenvalue weighted by atomic mass is 35.5. The van der Waals surface area contributed by atoms with Crippen molar-refractivity contribution < 1.29 is 14.1 Å². The zero-order valence-corrected chi connectivity index (χ0v) is 14.8. The molecule has 2 amide bonds. The quantitative estimate of drug-likeness (QED) is 0.916. The van der Waals surface area contributed by atoms with E-state index in [1.54, 1.807) is 37.3 Å². The molecule has 2 rings (SSSR count). The number of amides is 2. The number of hydrogen-bond donors (Lipinski definition) is 1. The molecule has 0 unspecified atom stereocenters. The number of aromatic nitrogens is 1. The van der Waals surface area contributed by atoms with E-state index in [4.69, 9.17) is 16.1 Å². The lowest BCUT2D eigenvalue weighted by Gasteiger charge is -2.35. The minimum absolute atomic E-state index is 0.110. The van der Waals surface area contributed by atoms with Gasteiger partial charge in [0.15, 0.2) is 5.82 Å². The highest BCUT2D eigenvalue weighted by molar-refractivity contribution is 6.31. The highest BCUT2D eigenvalue weighted by Gasteiger charge is 2.29. The number of halogens is 1. The van der Waals surface area contributed by atoms with Gasteiger partial charge in [0.1, 0.15) is 12.3 Å². The van der Waals surface area contributed by atoms with Crippen molar-refractivity contribution in [2.45, 2.75) is 33.2 Å². The van der Waals surface area contributed by atoms with E-state index in [0.29, 0.717) is 22.2 Å². The van der Waals surface area contributed by atoms with Crippen LogP contribution in [0.5, 0.6) is 0 Å². The summed E-state index contributed by atoms with van der Waals surface area (Å²) in [6.45, 7) is 7.21. The molecule has 7 heteroatoms. The average Bonchev–Trinajstić information content (AvgIpc) is 2.88. The molecule has 24 heavy (non-hydrogen) atoms. The number of hydrogen-bond acceptors (Lipinski definition) is 4. The van der Waals surface area contributed by atoms with Gasteiger partial charge in [0.25, 0.3) is 5.91 Å². The average molecular weight is 350 g/mol. The van der Waals surface area contributed by atoms with Gasteiger partial charge in [-0.2, -0.15) is 0 Å². The van der Waals surface area contributed by atoms with E-state index >= 15 is 0 Å². The second kappa shape index (κ2) is 7.05. The first kappa shape index (κ1) is 18.0. The maximum absolute atomic E-state index is 12.8. The lowest BCUT2D eigenvalue weighted by molar-refractivity contribution is -0.117. The Morgan fingerprint density at radius 2 is 2.00 bits per heavy atom. The molecule has 0 aliphatic carbocycles. The Hall–Kier alpha value is -2.34. The predicted octanol–water partition coefficient (Wildman–Crippen LogP) is 3.52. The van der Waals surface area contributed by atoms with Crippen molar-refractivity contribution in [3.63, 3.8) is 0 Å². The Bertz CT molecular complexity index is 750. The van der Waals surface area contributed by atoms with Crippen molar-refractivity contribution in [3.05, 3.63) is 46.7 Å². The Balaban J connectivity index is 2.16. The maximum atomic E-state index is 12.8. The van der Waals surface area contributed by atoms with Gasteiger partial charge in [0.2, 0.25) is 5.91 Å². The molecule has 0 saturated carbocycles. The Kier molecular flexibility index (Phi) is 5.29. The number of nitrogens with one attached hydrogen (secondary N) is 1. The molecule has 0 radical (unpaired) electrons. The molecular formula is C17H20ClN3O3. The van der Waals surface area contributed by atoms with Crippen molar-refractivity contribution in [2.24, 2.45) is 0 Å². The first-order chi connectivity index (χ1) is 11.2. The van der Waals surface area contributed by atoms with Crippen LogP contribution in [0.1, 0.15) is 36.9 Å². The topological polar surface area (TPSA) is 75.4 Å². The number of carbonyl (C=O) groups is 2. The van der Waals surface area contributed by atoms with Crippen LogP contribution >= 0.6 is 11.6 Å². The number of anilines is 1. The molecule has 128 valence electrons. The summed E-state index contributed by atoms with van der Waals surface area (Å²) in [6, 6.07) is 8.26. The fourth-order valence-electron chi connectivity index (χ4n) is 2.14. The highest BCUT2D eigenvalue weighted by Crippen LogP contribution is 2.19. The van der Waals surface area contributed by atoms with Crippen LogP contribution in [0.25, 0.3) is 0 Å². The molecular weight excluding hydrogens is 330 g/mol. The van der Waals surface area contributed by atoms with E-state index in [0.717, 1.165) is 0 Å². The third-order valence-electron chi connectivity index (χ3n) is 3.32. The number of benzene rings is 1. The molecule has 0 bridgehead atoms. The summed E-state index contributed by atoms with van der Waals surface area (Å²) in [5.41, 5.74) is -0.112. The van der Waals surface area contributed by atoms with Gasteiger partial charge in [-0.25, -0.2) is 0 Å². The molecule has 1 aromatic carbocycles. The van der Waals surface area contributed by atoms with Crippen LogP contribution in [-0.2, 0) is 4.79 Å². The fourth-order valence-corrected chi connectivity index (χ4v) is 2.33. The number of carbonyl (C=O) groups excluding carboxylic acids is 2. The van der Waals surface area contributed by atoms with E-state index in [-0.39, 0.29) is 18.4 Å². The molecule has 0 aliphatic rings. The van der Waals surface area contributed by atoms with Crippen LogP contribution in [0.3, 0.4) is 0 Å². The number of nitrogens with zero attached hydrogens (tertiary/aromatic N) is 2. The SMILES string of the molecule is Cc1cc(NC(=O)CN(C(=O)c2cccc(Cl)c2)C(C)(C)C)no1. The van der Waals surface area contributed by atoms with E-state index in [9.17, 15) is 9.59 Å². The Morgan fingerprint density at radius 1 is 1.29 bits per heavy atom. The number of aryl methyl sites for hydroxylation is 1. The number of rotatable bonds is 4. The van der Waals surface area contributed by atoms with E-state index in [1.165, 1.54) is 4.90 Å². The van der Waals surface area contributed by atoms with Crippen LogP contribution < -0.4 is 5.32 Å². The van der Waals surface area contributed by atoms with E-state index < -0.39 is 5.54 Å². The second-order valence-electron chi connectivity index (χ2n) is 6.44. The van der Waals surface area contributed by atoms with Crippen molar-refractivity contribution in [2.75, 3.05) is 11.9 Å². The van der Waals surface area contributed by atoms with Crippen molar-refractivity contribution >= 4 is 29.2 Å². The summed E-state index contributed by atoms with van der Waals surface area (Å²) in [4.78, 5) is 26.5. The molecule has 1 N–H and O–H groups in total. The van der Waals surface area contributed by atoms with Crippen molar-refractivity contribution in [3.8, 4) is 0 Å². The second-order valence-corrected chi connectivity index (χ2v) is 6.88. The summed E-state index contributed by atoms with van der Waals surface area (Å²) < 4.78 is 4.91. The van der Waals surface area contributed by atoms with E-state index in [1.807, 2.05) is 20.8 Å². The molecule has 6 nitrogen and oxygen atoms in total. The van der Waals surface area contributed by atoms with E-state index in [2.05, 4.69) is 10.5 Å². The third-order valence-corrected chi connectivity index (χ3v) is 3.56. The zero-order valence-electron chi connectivity index (χ0n) is 14.1. The van der Waals surface area contributed by atoms with Crippen LogP contribution in [0.4, 0.5) is 5.82 Å². The van der Waals surface area contributed by atoms with Gasteiger partial charge in [-0.15, -0.1) is 0 Å². The fraction of sp³-hybridized carbons (Fsp3) is 0.353. The molecule has 0 aliphatic heterocycles. The van der Waals surface area contributed by atoms with Gasteiger partial charge < -0.3 is 14.7 Å². The van der Waals surface area contributed by atoms with Crippen LogP contribution in [0.15, 0.2) is 34.9 Å². The summed E-state index contributed by atoms with van der Waals surface area (Å²) in [6.07, 6.45) is 0. The summed E-state index contributed by atoms with van der Waals surface area (Å²) in [7, 11) is 0. The van der Waals surface area contributed by atoms with Gasteiger partial charge in [0.05, 0.1) is 0 Å². The van der Waals surface area contributed by atoms with Crippen LogP contribution in [0, 0.1) is 6.92 Å². The molecule has 2 aromatic rings. The van der Waals surface area contributed by atoms with Crippen LogP contribution in [0.2, 0.25) is 5.02 Å². The van der Waals surface area contributed by atoms with Gasteiger partial charge in [-0.05, 0) is 45.9 Å². The van der Waals surface area contributed by atoms with Gasteiger partial charge in [0, 0.05) is 22.2 Å². The largest absolute Gasteiger partial charge is 0.360 e. The van der Waals surface area contributed by atoms with Gasteiger partial charge >= 0.3 is 0 Å². The molecule has 1 heterocycles. The third kappa shape index (κ3) is 4.58. The zero-order chi connectivity index (χ0) is 17.9. The summed E-state index contributed by atoms with van der Waals surface area (Å²) in [5.74, 6) is 0.291. The Morgan fingerprint density at radius 3 is 2.54 bits per heavy atom. The predicted molar refractivity (Wildman–Crippen MR) is 92.1 cm³/mol. The molecule has 0 atom stereocenters. The first-order valence-corrected chi connectivity index (χ1v) is 7.85. The van der Waals surface area contributed by atoms with Crippen molar-refractivity contribution in [1.82, 2.24) is 10.1 Å². The lowest BCUT2D eigenvalue weighted by atomic mass is 10.0. The molecule has 0 fully saturated rings. The minimum atomic E-state index is -0.545. The summed E-state index contributed by atoms with van der Waals surface area (Å²) >= 11 is 5.95. The Labute approximate surface area is 145 Å². The normalized spacial score (nSPS) is 11.2. The minimum Gasteiger partial charge on any atom is -0.360 e. The standard InChI is InChI=1S/C17H20ClN3O3/c1-11-8-14(20-24-11)19-15(22)10-21(17(2,3)4)16(23)12-6-5-7-13(18)9-12/h5-9H,10H2,1-4H3,(H,19,20,22). The maximum Gasteiger partial charge on any atom is 0.254 e. The smallest absolute Gasteiger partial charge is 0.254 e. The van der Waals surface area contributed by atoms with Gasteiger partial charge in [-0.3, -0.25) is 9.59 Å². The first-order valence-electron chi connectivity index (χ1n) is 7.47. The van der Waals surface area contributed by atoms with Gasteiger partial charge in [-0.1, -0.05) is 22.8 Å². The molecule has 0 spiro atoms. The summed E-state index contributed by atoms with van der Waals surface area (Å²) in [5, 5.41) is 6.80. The molecule has 1 aromatic heterocycles. The monoisotopic (exact) mass is 349 g/mol. The molecule has 0 saturated heterocycles. The van der Waals surface area contributed by atoms with Crippen LogP contribution in [-0.4, -0.2) is 34.0 Å².